The number of aromatic nitrogens is 1. The van der Waals surface area contributed by atoms with Gasteiger partial charge in [0.05, 0.1) is 18.1 Å². The molecular formula is C25H35N3O2. The van der Waals surface area contributed by atoms with Gasteiger partial charge in [-0.15, -0.1) is 0 Å². The van der Waals surface area contributed by atoms with Crippen LogP contribution in [0.15, 0.2) is 48.8 Å². The van der Waals surface area contributed by atoms with Gasteiger partial charge < -0.3 is 19.5 Å². The first-order valence-corrected chi connectivity index (χ1v) is 11.4. The third kappa shape index (κ3) is 5.73. The van der Waals surface area contributed by atoms with Crippen LogP contribution in [0.1, 0.15) is 43.2 Å². The number of ether oxygens (including phenoxy) is 1. The Kier molecular flexibility index (Phi) is 6.90. The number of likely N-dealkylation sites (tertiary alicyclic amines) is 1. The van der Waals surface area contributed by atoms with E-state index in [1.807, 2.05) is 30.1 Å². The van der Waals surface area contributed by atoms with Gasteiger partial charge in [-0.1, -0.05) is 30.3 Å². The molecular weight excluding hydrogens is 374 g/mol. The molecule has 5 nitrogen and oxygen atoms in total. The summed E-state index contributed by atoms with van der Waals surface area (Å²) >= 11 is 0. The molecule has 30 heavy (non-hydrogen) atoms. The van der Waals surface area contributed by atoms with E-state index in [1.165, 1.54) is 18.5 Å². The first kappa shape index (κ1) is 21.1. The van der Waals surface area contributed by atoms with Crippen LogP contribution < -0.4 is 5.32 Å². The molecule has 1 N–H and O–H groups in total. The molecule has 2 aliphatic heterocycles. The number of rotatable bonds is 8. The highest BCUT2D eigenvalue weighted by Gasteiger charge is 2.42. The molecule has 2 saturated heterocycles. The largest absolute Gasteiger partial charge is 0.370 e. The number of benzene rings is 1. The minimum Gasteiger partial charge on any atom is -0.370 e. The highest BCUT2D eigenvalue weighted by atomic mass is 16.5. The molecule has 5 heteroatoms. The zero-order valence-corrected chi connectivity index (χ0v) is 18.2. The quantitative estimate of drug-likeness (QED) is 0.727. The van der Waals surface area contributed by atoms with Gasteiger partial charge in [0.15, 0.2) is 0 Å². The third-order valence-electron chi connectivity index (χ3n) is 6.67. The Morgan fingerprint density at radius 3 is 2.67 bits per heavy atom. The van der Waals surface area contributed by atoms with Crippen LogP contribution in [-0.4, -0.2) is 53.3 Å². The number of amides is 1. The van der Waals surface area contributed by atoms with Crippen LogP contribution in [0.4, 0.5) is 0 Å². The lowest BCUT2D eigenvalue weighted by atomic mass is 9.88. The predicted octanol–water partition coefficient (Wildman–Crippen LogP) is 3.33. The van der Waals surface area contributed by atoms with E-state index in [1.54, 1.807) is 0 Å². The van der Waals surface area contributed by atoms with Gasteiger partial charge in [0.2, 0.25) is 5.91 Å². The van der Waals surface area contributed by atoms with Gasteiger partial charge >= 0.3 is 0 Å². The van der Waals surface area contributed by atoms with Crippen LogP contribution in [0.3, 0.4) is 0 Å². The predicted molar refractivity (Wildman–Crippen MR) is 119 cm³/mol. The number of nitrogens with one attached hydrogen (secondary N) is 1. The molecule has 0 aliphatic carbocycles. The summed E-state index contributed by atoms with van der Waals surface area (Å²) < 4.78 is 8.44. The van der Waals surface area contributed by atoms with Gasteiger partial charge in [-0.05, 0) is 62.3 Å². The Hall–Kier alpha value is -2.11. The molecule has 1 aromatic heterocycles. The fourth-order valence-electron chi connectivity index (χ4n) is 4.88. The summed E-state index contributed by atoms with van der Waals surface area (Å²) in [5.74, 6) is 0.0824. The second-order valence-corrected chi connectivity index (χ2v) is 9.06. The summed E-state index contributed by atoms with van der Waals surface area (Å²) in [5, 5.41) is 3.07. The minimum absolute atomic E-state index is 0.0464. The molecule has 1 spiro atoms. The molecule has 2 fully saturated rings. The molecule has 1 aromatic carbocycles. The Balaban J connectivity index is 1.13. The van der Waals surface area contributed by atoms with Crippen molar-refractivity contribution in [2.75, 3.05) is 26.2 Å². The van der Waals surface area contributed by atoms with E-state index in [0.29, 0.717) is 13.0 Å². The van der Waals surface area contributed by atoms with Crippen LogP contribution >= 0.6 is 0 Å². The van der Waals surface area contributed by atoms with E-state index in [9.17, 15) is 4.79 Å². The van der Waals surface area contributed by atoms with Gasteiger partial charge in [-0.25, -0.2) is 0 Å². The number of aryl methyl sites for hydroxylation is 2. The highest BCUT2D eigenvalue weighted by molar-refractivity contribution is 5.78. The number of carbonyl (C=O) groups excluding carboxylic acids is 1. The highest BCUT2D eigenvalue weighted by Crippen LogP contribution is 2.38. The van der Waals surface area contributed by atoms with E-state index >= 15 is 0 Å². The number of hydrogen-bond donors (Lipinski definition) is 1. The Morgan fingerprint density at radius 1 is 1.13 bits per heavy atom. The van der Waals surface area contributed by atoms with Crippen LogP contribution in [0.2, 0.25) is 0 Å². The summed E-state index contributed by atoms with van der Waals surface area (Å²) in [4.78, 5) is 14.8. The van der Waals surface area contributed by atoms with Crippen molar-refractivity contribution in [3.8, 4) is 0 Å². The number of hydrogen-bond acceptors (Lipinski definition) is 3. The van der Waals surface area contributed by atoms with Crippen molar-refractivity contribution in [3.05, 3.63) is 59.9 Å². The van der Waals surface area contributed by atoms with Crippen molar-refractivity contribution in [1.29, 1.82) is 0 Å². The average Bonchev–Trinajstić information content (AvgIpc) is 3.35. The first-order valence-electron chi connectivity index (χ1n) is 11.4. The zero-order chi connectivity index (χ0) is 20.8. The first-order chi connectivity index (χ1) is 14.6. The van der Waals surface area contributed by atoms with Gasteiger partial charge in [0, 0.05) is 39.1 Å². The third-order valence-corrected chi connectivity index (χ3v) is 6.67. The lowest BCUT2D eigenvalue weighted by Gasteiger charge is -2.39. The molecule has 2 aromatic rings. The minimum atomic E-state index is 0.0464. The van der Waals surface area contributed by atoms with Crippen LogP contribution in [0, 0.1) is 0 Å². The van der Waals surface area contributed by atoms with Gasteiger partial charge in [-0.2, -0.15) is 0 Å². The van der Waals surface area contributed by atoms with Gasteiger partial charge in [0.25, 0.3) is 0 Å². The van der Waals surface area contributed by atoms with Gasteiger partial charge in [0.1, 0.15) is 0 Å². The lowest BCUT2D eigenvalue weighted by Crippen LogP contribution is -2.45. The maximum absolute atomic E-state index is 12.2. The molecule has 1 amide bonds. The molecule has 0 saturated carbocycles. The lowest BCUT2D eigenvalue weighted by molar-refractivity contribution is -0.122. The van der Waals surface area contributed by atoms with Crippen LogP contribution in [-0.2, 0) is 29.4 Å². The zero-order valence-electron chi connectivity index (χ0n) is 18.2. The Bertz CT molecular complexity index is 809. The van der Waals surface area contributed by atoms with E-state index in [4.69, 9.17) is 4.74 Å². The van der Waals surface area contributed by atoms with Crippen molar-refractivity contribution in [1.82, 2.24) is 14.8 Å². The number of piperidine rings is 1. The van der Waals surface area contributed by atoms with Crippen molar-refractivity contribution in [2.24, 2.45) is 7.05 Å². The van der Waals surface area contributed by atoms with E-state index in [0.717, 1.165) is 50.8 Å². The van der Waals surface area contributed by atoms with Gasteiger partial charge in [-0.3, -0.25) is 4.79 Å². The van der Waals surface area contributed by atoms with Crippen LogP contribution in [0.5, 0.6) is 0 Å². The normalized spacial score (nSPS) is 21.2. The van der Waals surface area contributed by atoms with E-state index in [-0.39, 0.29) is 17.6 Å². The van der Waals surface area contributed by atoms with E-state index < -0.39 is 0 Å². The summed E-state index contributed by atoms with van der Waals surface area (Å²) in [5.41, 5.74) is 2.53. The molecule has 2 aliphatic rings. The van der Waals surface area contributed by atoms with Crippen molar-refractivity contribution in [2.45, 2.75) is 56.7 Å². The molecule has 162 valence electrons. The maximum Gasteiger partial charge on any atom is 0.224 e. The van der Waals surface area contributed by atoms with E-state index in [2.05, 4.69) is 40.5 Å². The Labute approximate surface area is 180 Å². The SMILES string of the molecule is Cn1ccc(CC(=O)NC[C@H]2CCC3(CCN(CCCc4ccccc4)CC3)O2)c1. The molecule has 0 bridgehead atoms. The second kappa shape index (κ2) is 9.80. The average molecular weight is 410 g/mol. The monoisotopic (exact) mass is 409 g/mol. The molecule has 0 radical (unpaired) electrons. The second-order valence-electron chi connectivity index (χ2n) is 9.06. The Morgan fingerprint density at radius 2 is 1.93 bits per heavy atom. The maximum atomic E-state index is 12.2. The number of nitrogens with zero attached hydrogens (tertiary/aromatic N) is 2. The van der Waals surface area contributed by atoms with Crippen LogP contribution in [0.25, 0.3) is 0 Å². The molecule has 0 unspecified atom stereocenters. The van der Waals surface area contributed by atoms with Crippen molar-refractivity contribution < 1.29 is 9.53 Å². The summed E-state index contributed by atoms with van der Waals surface area (Å²) in [7, 11) is 1.97. The fourth-order valence-corrected chi connectivity index (χ4v) is 4.88. The smallest absolute Gasteiger partial charge is 0.224 e. The van der Waals surface area contributed by atoms with Crippen molar-refractivity contribution in [3.63, 3.8) is 0 Å². The molecule has 3 heterocycles. The summed E-state index contributed by atoms with van der Waals surface area (Å²) in [6.45, 7) is 4.06. The summed E-state index contributed by atoms with van der Waals surface area (Å²) in [6, 6.07) is 12.8. The fraction of sp³-hybridized carbons (Fsp3) is 0.560. The number of carbonyl (C=O) groups is 1. The standard InChI is InChI=1S/C25H35N3O2/c1-27-15-10-22(20-27)18-24(29)26-19-23-9-11-25(30-23)12-16-28(17-13-25)14-5-8-21-6-3-2-4-7-21/h2-4,6-7,10,15,20,23H,5,8-9,11-14,16-19H2,1H3,(H,26,29)/t23-/m1/s1. The molecule has 1 atom stereocenters. The van der Waals surface area contributed by atoms with Crippen molar-refractivity contribution >= 4 is 5.91 Å². The topological polar surface area (TPSA) is 46.5 Å². The summed E-state index contributed by atoms with van der Waals surface area (Å²) in [6.07, 6.45) is 11.4. The molecule has 4 rings (SSSR count).